The van der Waals surface area contributed by atoms with E-state index < -0.39 is 0 Å². The van der Waals surface area contributed by atoms with E-state index in [0.29, 0.717) is 5.92 Å². The number of pyridine rings is 1. The molecule has 0 spiro atoms. The molecule has 0 atom stereocenters. The van der Waals surface area contributed by atoms with Crippen LogP contribution in [0.15, 0.2) is 53.2 Å². The van der Waals surface area contributed by atoms with Crippen molar-refractivity contribution in [3.63, 3.8) is 0 Å². The zero-order valence-corrected chi connectivity index (χ0v) is 14.4. The van der Waals surface area contributed by atoms with Gasteiger partial charge in [0.1, 0.15) is 17.3 Å². The lowest BCUT2D eigenvalue weighted by atomic mass is 9.96. The molecule has 4 aromatic rings. The highest BCUT2D eigenvalue weighted by Crippen LogP contribution is 2.28. The number of furan rings is 1. The van der Waals surface area contributed by atoms with Crippen molar-refractivity contribution >= 4 is 5.65 Å². The fourth-order valence-corrected chi connectivity index (χ4v) is 3.71. The van der Waals surface area contributed by atoms with Crippen molar-refractivity contribution in [1.29, 1.82) is 0 Å². The summed E-state index contributed by atoms with van der Waals surface area (Å²) < 4.78 is 8.06. The minimum Gasteiger partial charge on any atom is -0.458 e. The van der Waals surface area contributed by atoms with Crippen LogP contribution in [-0.4, -0.2) is 42.8 Å². The summed E-state index contributed by atoms with van der Waals surface area (Å²) in [7, 11) is 0. The molecule has 7 nitrogen and oxygen atoms in total. The van der Waals surface area contributed by atoms with Crippen molar-refractivity contribution in [2.45, 2.75) is 25.3 Å². The predicted octanol–water partition coefficient (Wildman–Crippen LogP) is 3.09. The van der Waals surface area contributed by atoms with Crippen molar-refractivity contribution < 1.29 is 4.42 Å². The lowest BCUT2D eigenvalue weighted by Gasteiger charge is -2.30. The Balaban J connectivity index is 1.23. The number of piperidine rings is 1. The van der Waals surface area contributed by atoms with Crippen LogP contribution in [0.3, 0.4) is 0 Å². The maximum absolute atomic E-state index is 5.95. The van der Waals surface area contributed by atoms with Gasteiger partial charge in [-0.15, -0.1) is 10.2 Å². The molecular formula is C19H20N6O. The molecule has 0 saturated carbocycles. The largest absolute Gasteiger partial charge is 0.458 e. The molecule has 0 bridgehead atoms. The number of aromatic nitrogens is 5. The summed E-state index contributed by atoms with van der Waals surface area (Å²) in [5, 5.41) is 15.6. The normalized spacial score (nSPS) is 16.5. The molecular weight excluding hydrogens is 328 g/mol. The molecule has 7 heteroatoms. The number of likely N-dealkylation sites (tertiary alicyclic amines) is 1. The average molecular weight is 348 g/mol. The molecule has 0 aliphatic carbocycles. The first-order valence-electron chi connectivity index (χ1n) is 8.97. The third kappa shape index (κ3) is 2.80. The van der Waals surface area contributed by atoms with E-state index in [1.165, 1.54) is 0 Å². The number of rotatable bonds is 4. The third-order valence-corrected chi connectivity index (χ3v) is 5.10. The minimum absolute atomic E-state index is 0.459. The van der Waals surface area contributed by atoms with Gasteiger partial charge in [0.15, 0.2) is 11.4 Å². The fraction of sp³-hybridized carbons (Fsp3) is 0.316. The van der Waals surface area contributed by atoms with Gasteiger partial charge in [0.25, 0.3) is 0 Å². The maximum atomic E-state index is 5.95. The quantitative estimate of drug-likeness (QED) is 0.613. The van der Waals surface area contributed by atoms with Crippen LogP contribution in [0.25, 0.3) is 17.1 Å². The van der Waals surface area contributed by atoms with E-state index in [-0.39, 0.29) is 0 Å². The lowest BCUT2D eigenvalue weighted by molar-refractivity contribution is 0.188. The summed E-state index contributed by atoms with van der Waals surface area (Å²) in [6, 6.07) is 12.0. The van der Waals surface area contributed by atoms with Gasteiger partial charge < -0.3 is 4.42 Å². The van der Waals surface area contributed by atoms with E-state index in [9.17, 15) is 0 Å². The second kappa shape index (κ2) is 6.42. The highest BCUT2D eigenvalue weighted by atomic mass is 16.3. The molecule has 0 radical (unpaired) electrons. The maximum Gasteiger partial charge on any atom is 0.160 e. The van der Waals surface area contributed by atoms with E-state index in [1.54, 1.807) is 6.20 Å². The highest BCUT2D eigenvalue weighted by Gasteiger charge is 2.25. The Morgan fingerprint density at radius 2 is 2.00 bits per heavy atom. The number of fused-ring (bicyclic) bond motifs is 1. The zero-order valence-electron chi connectivity index (χ0n) is 14.4. The number of H-pyrrole nitrogens is 1. The Labute approximate surface area is 150 Å². The number of nitrogens with one attached hydrogen (secondary N) is 1. The van der Waals surface area contributed by atoms with Crippen molar-refractivity contribution in [2.24, 2.45) is 0 Å². The van der Waals surface area contributed by atoms with Gasteiger partial charge in [-0.3, -0.25) is 14.4 Å². The Hall–Kier alpha value is -2.93. The molecule has 0 amide bonds. The number of nitrogens with zero attached hydrogens (tertiary/aromatic N) is 5. The molecule has 26 heavy (non-hydrogen) atoms. The van der Waals surface area contributed by atoms with E-state index in [4.69, 9.17) is 4.42 Å². The molecule has 1 aliphatic rings. The molecule has 132 valence electrons. The van der Waals surface area contributed by atoms with Gasteiger partial charge in [0.2, 0.25) is 0 Å². The topological polar surface area (TPSA) is 75.2 Å². The fourth-order valence-electron chi connectivity index (χ4n) is 3.71. The second-order valence-electron chi connectivity index (χ2n) is 6.77. The van der Waals surface area contributed by atoms with Gasteiger partial charge >= 0.3 is 0 Å². The molecule has 1 aliphatic heterocycles. The summed E-state index contributed by atoms with van der Waals surface area (Å²) in [6.45, 7) is 2.90. The summed E-state index contributed by atoms with van der Waals surface area (Å²) in [5.41, 5.74) is 1.83. The smallest absolute Gasteiger partial charge is 0.160 e. The molecule has 1 N–H and O–H groups in total. The average Bonchev–Trinajstić information content (AvgIpc) is 3.43. The van der Waals surface area contributed by atoms with Gasteiger partial charge in [-0.25, -0.2) is 0 Å². The highest BCUT2D eigenvalue weighted by molar-refractivity contribution is 5.51. The standard InChI is InChI=1S/C19H20N6O/c1-2-10-25-18(3-1)22-23-19(25)14-7-11-24(12-8-14)13-15-4-5-17(26-15)16-6-9-20-21-16/h1-6,9-10,14H,7-8,11-13H2,(H,20,21). The van der Waals surface area contributed by atoms with Crippen molar-refractivity contribution in [2.75, 3.05) is 13.1 Å². The van der Waals surface area contributed by atoms with Crippen molar-refractivity contribution in [3.05, 3.63) is 60.4 Å². The number of aromatic amines is 1. The Morgan fingerprint density at radius 1 is 1.08 bits per heavy atom. The van der Waals surface area contributed by atoms with E-state index in [2.05, 4.69) is 35.9 Å². The molecule has 0 unspecified atom stereocenters. The van der Waals surface area contributed by atoms with Crippen LogP contribution >= 0.6 is 0 Å². The lowest BCUT2D eigenvalue weighted by Crippen LogP contribution is -2.32. The van der Waals surface area contributed by atoms with Crippen molar-refractivity contribution in [3.8, 4) is 11.5 Å². The van der Waals surface area contributed by atoms with Crippen LogP contribution in [0.4, 0.5) is 0 Å². The van der Waals surface area contributed by atoms with Crippen LogP contribution < -0.4 is 0 Å². The summed E-state index contributed by atoms with van der Waals surface area (Å²) in [4.78, 5) is 2.44. The Bertz CT molecular complexity index is 994. The Morgan fingerprint density at radius 3 is 2.85 bits per heavy atom. The van der Waals surface area contributed by atoms with Crippen molar-refractivity contribution in [1.82, 2.24) is 29.7 Å². The molecule has 0 aromatic carbocycles. The molecule has 5 rings (SSSR count). The van der Waals surface area contributed by atoms with Gasteiger partial charge in [-0.1, -0.05) is 6.07 Å². The SMILES string of the molecule is c1ccn2c(C3CCN(Cc4ccc(-c5ccn[nH]5)o4)CC3)nnc2c1. The molecule has 4 aromatic heterocycles. The van der Waals surface area contributed by atoms with Gasteiger partial charge in [-0.2, -0.15) is 5.10 Å². The van der Waals surface area contributed by atoms with E-state index in [1.807, 2.05) is 36.4 Å². The second-order valence-corrected chi connectivity index (χ2v) is 6.77. The molecule has 5 heterocycles. The monoisotopic (exact) mass is 348 g/mol. The van der Waals surface area contributed by atoms with Crippen LogP contribution in [0.2, 0.25) is 0 Å². The number of hydrogen-bond acceptors (Lipinski definition) is 5. The minimum atomic E-state index is 0.459. The van der Waals surface area contributed by atoms with Gasteiger partial charge in [-0.05, 0) is 56.3 Å². The van der Waals surface area contributed by atoms with Gasteiger partial charge in [0, 0.05) is 18.3 Å². The number of hydrogen-bond donors (Lipinski definition) is 1. The van der Waals surface area contributed by atoms with Crippen LogP contribution in [0.1, 0.15) is 30.3 Å². The van der Waals surface area contributed by atoms with Crippen LogP contribution in [0, 0.1) is 0 Å². The first kappa shape index (κ1) is 15.3. The predicted molar refractivity (Wildman–Crippen MR) is 96.5 cm³/mol. The first-order chi connectivity index (χ1) is 12.9. The van der Waals surface area contributed by atoms with E-state index in [0.717, 1.165) is 61.2 Å². The Kier molecular flexibility index (Phi) is 3.79. The van der Waals surface area contributed by atoms with Crippen LogP contribution in [-0.2, 0) is 6.54 Å². The first-order valence-corrected chi connectivity index (χ1v) is 8.97. The van der Waals surface area contributed by atoms with E-state index >= 15 is 0 Å². The van der Waals surface area contributed by atoms with Crippen LogP contribution in [0.5, 0.6) is 0 Å². The summed E-state index contributed by atoms with van der Waals surface area (Å²) >= 11 is 0. The third-order valence-electron chi connectivity index (χ3n) is 5.10. The molecule has 1 saturated heterocycles. The zero-order chi connectivity index (χ0) is 17.3. The summed E-state index contributed by atoms with van der Waals surface area (Å²) in [6.07, 6.45) is 5.96. The summed E-state index contributed by atoms with van der Waals surface area (Å²) in [5.74, 6) is 3.36. The molecule has 1 fully saturated rings. The van der Waals surface area contributed by atoms with Gasteiger partial charge in [0.05, 0.1) is 6.54 Å².